The maximum absolute atomic E-state index is 13.2. The fourth-order valence-corrected chi connectivity index (χ4v) is 1.86. The van der Waals surface area contributed by atoms with Gasteiger partial charge in [0.2, 0.25) is 0 Å². The highest BCUT2D eigenvalue weighted by Crippen LogP contribution is 2.64. The zero-order chi connectivity index (χ0) is 27.9. The van der Waals surface area contributed by atoms with Crippen LogP contribution in [0.2, 0.25) is 0 Å². The highest BCUT2D eigenvalue weighted by molar-refractivity contribution is 7.87. The average molecular weight is 553 g/mol. The van der Waals surface area contributed by atoms with Gasteiger partial charge in [0.05, 0.1) is 0 Å². The predicted molar refractivity (Wildman–Crippen MR) is 76.0 cm³/mol. The predicted octanol–water partition coefficient (Wildman–Crippen LogP) is 5.07. The minimum absolute atomic E-state index is 0.583. The molecule has 0 rings (SSSR count). The Morgan fingerprint density at radius 3 is 1.06 bits per heavy atom. The van der Waals surface area contributed by atoms with Crippen LogP contribution in [0.5, 0.6) is 0 Å². The van der Waals surface area contributed by atoms with E-state index in [1.54, 1.807) is 6.08 Å². The highest BCUT2D eigenvalue weighted by Gasteiger charge is 2.95. The summed E-state index contributed by atoms with van der Waals surface area (Å²) in [6, 6.07) is 0. The number of hydrogen-bond acceptors (Lipinski definition) is 3. The van der Waals surface area contributed by atoms with E-state index in [1.807, 2.05) is 0 Å². The zero-order valence-corrected chi connectivity index (χ0v) is 16.1. The van der Waals surface area contributed by atoms with Gasteiger partial charge in [-0.05, 0) is 0 Å². The van der Waals surface area contributed by atoms with Gasteiger partial charge in [0.25, 0.3) is 0 Å². The number of alkyl halides is 16. The summed E-state index contributed by atoms with van der Waals surface area (Å²) >= 11 is 0. The molecular weight excluding hydrogens is 542 g/mol. The molecule has 0 aliphatic rings. The molecule has 0 aliphatic heterocycles. The molecule has 0 unspecified atom stereocenters. The SMILES string of the molecule is C=CCN.CC(F)(F)C(F)(F)C(F)(F)C(F)(F)C(F)(F)C(F)(F)C(F)(F)C(F)(F)S(=O)(=O)O. The second kappa shape index (κ2) is 8.93. The van der Waals surface area contributed by atoms with Crippen LogP contribution in [0.3, 0.4) is 0 Å². The molecule has 200 valence electrons. The summed E-state index contributed by atoms with van der Waals surface area (Å²) in [5.41, 5.74) is 4.91. The number of hydrogen-bond donors (Lipinski definition) is 2. The smallest absolute Gasteiger partial charge is 0.327 e. The second-order valence-corrected chi connectivity index (χ2v) is 7.31. The number of nitrogens with two attached hydrogens (primary N) is 1. The molecule has 0 radical (unpaired) electrons. The third-order valence-corrected chi connectivity index (χ3v) is 4.28. The van der Waals surface area contributed by atoms with E-state index < -0.39 is 63.8 Å². The first-order valence-corrected chi connectivity index (χ1v) is 8.66. The molecule has 0 amide bonds. The Balaban J connectivity index is 0. The molecule has 0 heterocycles. The van der Waals surface area contributed by atoms with Crippen molar-refractivity contribution >= 4 is 10.1 Å². The van der Waals surface area contributed by atoms with Crippen LogP contribution in [0.15, 0.2) is 12.7 Å². The molecule has 0 bridgehead atoms. The lowest BCUT2D eigenvalue weighted by molar-refractivity contribution is -0.448. The Morgan fingerprint density at radius 2 is 0.879 bits per heavy atom. The van der Waals surface area contributed by atoms with Crippen molar-refractivity contribution in [3.63, 3.8) is 0 Å². The molecular formula is C12H11F16NO3S. The average Bonchev–Trinajstić information content (AvgIpc) is 2.58. The van der Waals surface area contributed by atoms with Crippen molar-refractivity contribution in [1.82, 2.24) is 0 Å². The fraction of sp³-hybridized carbons (Fsp3) is 0.833. The van der Waals surface area contributed by atoms with Crippen molar-refractivity contribution in [3.05, 3.63) is 12.7 Å². The fourth-order valence-electron chi connectivity index (χ4n) is 1.41. The zero-order valence-electron chi connectivity index (χ0n) is 15.3. The van der Waals surface area contributed by atoms with Crippen molar-refractivity contribution in [3.8, 4) is 0 Å². The van der Waals surface area contributed by atoms with Gasteiger partial charge in [0.1, 0.15) is 0 Å². The summed E-state index contributed by atoms with van der Waals surface area (Å²) < 4.78 is 234. The van der Waals surface area contributed by atoms with Crippen molar-refractivity contribution < 1.29 is 83.2 Å². The van der Waals surface area contributed by atoms with Gasteiger partial charge in [-0.3, -0.25) is 4.55 Å². The van der Waals surface area contributed by atoms with Crippen LogP contribution in [0.1, 0.15) is 6.92 Å². The molecule has 0 aromatic carbocycles. The molecule has 0 aliphatic carbocycles. The Hall–Kier alpha value is -1.51. The van der Waals surface area contributed by atoms with Crippen LogP contribution in [0.4, 0.5) is 70.2 Å². The lowest BCUT2D eigenvalue weighted by Gasteiger charge is -2.42. The van der Waals surface area contributed by atoms with Gasteiger partial charge in [0, 0.05) is 13.5 Å². The molecule has 0 aromatic rings. The normalized spacial score (nSPS) is 15.6. The quantitative estimate of drug-likeness (QED) is 0.238. The second-order valence-electron chi connectivity index (χ2n) is 5.85. The molecule has 0 fully saturated rings. The summed E-state index contributed by atoms with van der Waals surface area (Å²) in [5.74, 6) is -56.7. The minimum Gasteiger partial charge on any atom is -0.327 e. The molecule has 0 saturated heterocycles. The van der Waals surface area contributed by atoms with Gasteiger partial charge in [0.15, 0.2) is 0 Å². The molecule has 0 atom stereocenters. The van der Waals surface area contributed by atoms with Crippen molar-refractivity contribution in [2.45, 2.75) is 53.6 Å². The van der Waals surface area contributed by atoms with Gasteiger partial charge in [-0.15, -0.1) is 6.58 Å². The van der Waals surface area contributed by atoms with Crippen molar-refractivity contribution in [2.75, 3.05) is 6.54 Å². The van der Waals surface area contributed by atoms with Crippen molar-refractivity contribution in [1.29, 1.82) is 0 Å². The van der Waals surface area contributed by atoms with Crippen LogP contribution in [0.25, 0.3) is 0 Å². The molecule has 0 aromatic heterocycles. The maximum Gasteiger partial charge on any atom is 0.438 e. The van der Waals surface area contributed by atoms with Crippen molar-refractivity contribution in [2.24, 2.45) is 5.73 Å². The van der Waals surface area contributed by atoms with Crippen LogP contribution in [-0.2, 0) is 10.1 Å². The standard InChI is InChI=1S/C9H4F16O3S.C3H7N/c1-2(10,11)3(12,13)4(14,15)5(16,17)6(18,19)7(20,21)8(22,23)9(24,25)29(26,27)28;1-2-3-4/h1H3,(H,26,27,28);2H,1,3-4H2. The Labute approximate surface area is 173 Å². The Morgan fingerprint density at radius 1 is 0.667 bits per heavy atom. The summed E-state index contributed by atoms with van der Waals surface area (Å²) in [7, 11) is -7.83. The molecule has 3 N–H and O–H groups in total. The van der Waals surface area contributed by atoms with Crippen LogP contribution >= 0.6 is 0 Å². The Bertz CT molecular complexity index is 802. The molecule has 0 saturated carbocycles. The first-order valence-electron chi connectivity index (χ1n) is 7.22. The Kier molecular flexibility index (Phi) is 9.11. The monoisotopic (exact) mass is 553 g/mol. The van der Waals surface area contributed by atoms with Gasteiger partial charge < -0.3 is 5.73 Å². The number of rotatable bonds is 9. The van der Waals surface area contributed by atoms with Crippen LogP contribution in [-0.4, -0.2) is 66.2 Å². The molecule has 4 nitrogen and oxygen atoms in total. The highest BCUT2D eigenvalue weighted by atomic mass is 32.2. The first kappa shape index (κ1) is 33.7. The van der Waals surface area contributed by atoms with E-state index in [2.05, 4.69) is 6.58 Å². The number of halogens is 16. The summed E-state index contributed by atoms with van der Waals surface area (Å²) in [5, 5.41) is -7.77. The van der Waals surface area contributed by atoms with E-state index in [0.717, 1.165) is 0 Å². The lowest BCUT2D eigenvalue weighted by Crippen LogP contribution is -2.75. The third-order valence-electron chi connectivity index (χ3n) is 3.38. The van der Waals surface area contributed by atoms with Gasteiger partial charge >= 0.3 is 56.8 Å². The third kappa shape index (κ3) is 4.84. The van der Waals surface area contributed by atoms with Crippen LogP contribution < -0.4 is 5.73 Å². The minimum atomic E-state index is -8.73. The summed E-state index contributed by atoms with van der Waals surface area (Å²) in [6.45, 7) is 2.64. The van der Waals surface area contributed by atoms with Crippen LogP contribution in [0, 0.1) is 0 Å². The van der Waals surface area contributed by atoms with E-state index in [4.69, 9.17) is 10.3 Å². The molecule has 21 heteroatoms. The molecule has 33 heavy (non-hydrogen) atoms. The lowest BCUT2D eigenvalue weighted by atomic mass is 9.89. The maximum atomic E-state index is 13.2. The van der Waals surface area contributed by atoms with E-state index in [0.29, 0.717) is 6.54 Å². The molecule has 0 spiro atoms. The summed E-state index contributed by atoms with van der Waals surface area (Å²) in [4.78, 5) is 0. The largest absolute Gasteiger partial charge is 0.438 e. The summed E-state index contributed by atoms with van der Waals surface area (Å²) in [6.07, 6.45) is 1.65. The van der Waals surface area contributed by atoms with E-state index >= 15 is 0 Å². The van der Waals surface area contributed by atoms with Gasteiger partial charge in [-0.25, -0.2) is 0 Å². The first-order chi connectivity index (χ1) is 13.9. The van der Waals surface area contributed by atoms with E-state index in [-0.39, 0.29) is 0 Å². The van der Waals surface area contributed by atoms with Gasteiger partial charge in [-0.1, -0.05) is 6.08 Å². The topological polar surface area (TPSA) is 80.4 Å². The van der Waals surface area contributed by atoms with E-state index in [1.165, 1.54) is 0 Å². The van der Waals surface area contributed by atoms with E-state index in [9.17, 15) is 78.7 Å². The van der Waals surface area contributed by atoms with Gasteiger partial charge in [-0.2, -0.15) is 78.7 Å².